The fourth-order valence-electron chi connectivity index (χ4n) is 10.2. The average Bonchev–Trinajstić information content (AvgIpc) is 3.60. The van der Waals surface area contributed by atoms with Crippen LogP contribution in [0.5, 0.6) is 0 Å². The summed E-state index contributed by atoms with van der Waals surface area (Å²) in [5.41, 5.74) is -1.08. The molecule has 206 valence electrons. The van der Waals surface area contributed by atoms with Crippen molar-refractivity contribution in [2.24, 2.45) is 45.8 Å². The number of allylic oxidation sites excluding steroid dienone is 1. The quantitative estimate of drug-likeness (QED) is 0.482. The molecule has 7 heteroatoms. The largest absolute Gasteiger partial charge is 0.481 e. The van der Waals surface area contributed by atoms with Crippen LogP contribution in [-0.4, -0.2) is 74.1 Å². The highest BCUT2D eigenvalue weighted by Gasteiger charge is 2.86. The Hall–Kier alpha value is -1.25. The lowest BCUT2D eigenvalue weighted by Crippen LogP contribution is -2.66. The molecule has 6 rings (SSSR count). The van der Waals surface area contributed by atoms with Crippen molar-refractivity contribution in [2.45, 2.75) is 72.1 Å². The van der Waals surface area contributed by atoms with Crippen molar-refractivity contribution in [1.29, 1.82) is 0 Å². The summed E-state index contributed by atoms with van der Waals surface area (Å²) in [6, 6.07) is 0. The van der Waals surface area contributed by atoms with Crippen molar-refractivity contribution in [1.82, 2.24) is 4.90 Å². The highest BCUT2D eigenvalue weighted by Crippen LogP contribution is 2.84. The number of carbonyl (C=O) groups is 1. The molecule has 0 aromatic rings. The van der Waals surface area contributed by atoms with Crippen molar-refractivity contribution in [3.05, 3.63) is 24.3 Å². The number of carboxylic acids is 1. The SMILES string of the molecule is C=CCN1C[C@H](OC[C@@]23C[C@@H]4[C@H](C)CC[C@H]4[C@@]4(C5OCCO5)C[C@@H]2C=C(C(C)C)[C@@]34C(=O)O)O[C@H](C)C1. The molecule has 1 N–H and O–H groups in total. The molecule has 5 fully saturated rings. The first-order valence-corrected chi connectivity index (χ1v) is 14.5. The van der Waals surface area contributed by atoms with E-state index in [4.69, 9.17) is 18.9 Å². The molecule has 2 heterocycles. The fourth-order valence-corrected chi connectivity index (χ4v) is 10.2. The molecule has 37 heavy (non-hydrogen) atoms. The van der Waals surface area contributed by atoms with Crippen molar-refractivity contribution in [3.63, 3.8) is 0 Å². The van der Waals surface area contributed by atoms with Crippen LogP contribution in [0, 0.1) is 45.8 Å². The number of morpholine rings is 1. The second kappa shape index (κ2) is 9.16. The zero-order valence-electron chi connectivity index (χ0n) is 23.0. The second-order valence-electron chi connectivity index (χ2n) is 13.1. The van der Waals surface area contributed by atoms with Gasteiger partial charge in [0.2, 0.25) is 0 Å². The normalized spacial score (nSPS) is 47.4. The Bertz CT molecular complexity index is 960. The van der Waals surface area contributed by atoms with E-state index >= 15 is 0 Å². The number of hydrogen-bond donors (Lipinski definition) is 1. The fraction of sp³-hybridized carbons (Fsp3) is 0.833. The van der Waals surface area contributed by atoms with E-state index < -0.39 is 28.5 Å². The molecule has 0 amide bonds. The van der Waals surface area contributed by atoms with Crippen molar-refractivity contribution in [2.75, 3.05) is 39.5 Å². The predicted molar refractivity (Wildman–Crippen MR) is 139 cm³/mol. The van der Waals surface area contributed by atoms with Gasteiger partial charge in [0, 0.05) is 30.5 Å². The van der Waals surface area contributed by atoms with Gasteiger partial charge >= 0.3 is 5.97 Å². The summed E-state index contributed by atoms with van der Waals surface area (Å²) in [4.78, 5) is 16.2. The molecule has 2 saturated heterocycles. The number of ether oxygens (including phenoxy) is 4. The third-order valence-electron chi connectivity index (χ3n) is 11.2. The summed E-state index contributed by atoms with van der Waals surface area (Å²) in [6.07, 6.45) is 7.34. The Labute approximate surface area is 221 Å². The molecule has 4 bridgehead atoms. The lowest BCUT2D eigenvalue weighted by molar-refractivity contribution is -0.261. The van der Waals surface area contributed by atoms with E-state index in [-0.39, 0.29) is 30.1 Å². The van der Waals surface area contributed by atoms with E-state index in [9.17, 15) is 9.90 Å². The highest BCUT2D eigenvalue weighted by molar-refractivity contribution is 5.85. The molecule has 0 unspecified atom stereocenters. The molecule has 0 spiro atoms. The number of nitrogens with zero attached hydrogens (tertiary/aromatic N) is 1. The average molecular weight is 516 g/mol. The third kappa shape index (κ3) is 3.33. The summed E-state index contributed by atoms with van der Waals surface area (Å²) < 4.78 is 25.6. The molecule has 0 radical (unpaired) electrons. The molecule has 3 saturated carbocycles. The first kappa shape index (κ1) is 26.0. The van der Waals surface area contributed by atoms with Gasteiger partial charge in [0.05, 0.1) is 25.9 Å². The maximum Gasteiger partial charge on any atom is 0.315 e. The van der Waals surface area contributed by atoms with Gasteiger partial charge in [-0.2, -0.15) is 0 Å². The van der Waals surface area contributed by atoms with E-state index in [0.29, 0.717) is 38.2 Å². The Morgan fingerprint density at radius 2 is 2.00 bits per heavy atom. The van der Waals surface area contributed by atoms with Gasteiger partial charge in [-0.15, -0.1) is 6.58 Å². The number of rotatable bonds is 8. The van der Waals surface area contributed by atoms with Crippen LogP contribution >= 0.6 is 0 Å². The van der Waals surface area contributed by atoms with E-state index in [1.165, 1.54) is 0 Å². The minimum atomic E-state index is -1.06. The third-order valence-corrected chi connectivity index (χ3v) is 11.2. The first-order valence-electron chi connectivity index (χ1n) is 14.5. The zero-order valence-corrected chi connectivity index (χ0v) is 23.0. The lowest BCUT2D eigenvalue weighted by Gasteiger charge is -2.61. The van der Waals surface area contributed by atoms with Crippen LogP contribution in [0.4, 0.5) is 0 Å². The molecule has 0 aromatic carbocycles. The van der Waals surface area contributed by atoms with E-state index in [1.54, 1.807) is 0 Å². The smallest absolute Gasteiger partial charge is 0.315 e. The summed E-state index contributed by atoms with van der Waals surface area (Å²) in [5.74, 6) is 0.862. The summed E-state index contributed by atoms with van der Waals surface area (Å²) in [6.45, 7) is 16.4. The summed E-state index contributed by atoms with van der Waals surface area (Å²) in [5, 5.41) is 11.4. The van der Waals surface area contributed by atoms with Gasteiger partial charge in [-0.25, -0.2) is 0 Å². The minimum Gasteiger partial charge on any atom is -0.481 e. The van der Waals surface area contributed by atoms with Crippen LogP contribution in [0.15, 0.2) is 24.3 Å². The molecule has 6 aliphatic rings. The number of carboxylic acid groups (broad SMARTS) is 1. The Kier molecular flexibility index (Phi) is 6.43. The number of fused-ring (bicyclic) bond motifs is 2. The maximum atomic E-state index is 13.9. The number of hydrogen-bond acceptors (Lipinski definition) is 6. The van der Waals surface area contributed by atoms with Gasteiger partial charge < -0.3 is 24.1 Å². The predicted octanol–water partition coefficient (Wildman–Crippen LogP) is 4.33. The maximum absolute atomic E-state index is 13.9. The highest BCUT2D eigenvalue weighted by atomic mass is 16.7. The molecular weight excluding hydrogens is 470 g/mol. The Morgan fingerprint density at radius 1 is 1.24 bits per heavy atom. The van der Waals surface area contributed by atoms with Crippen LogP contribution < -0.4 is 0 Å². The van der Waals surface area contributed by atoms with E-state index in [1.807, 2.05) is 6.08 Å². The van der Waals surface area contributed by atoms with Crippen LogP contribution in [0.2, 0.25) is 0 Å². The topological polar surface area (TPSA) is 77.5 Å². The molecular formula is C30H45NO6. The van der Waals surface area contributed by atoms with Gasteiger partial charge in [-0.3, -0.25) is 9.69 Å². The van der Waals surface area contributed by atoms with Gasteiger partial charge in [0.15, 0.2) is 12.6 Å². The first-order chi connectivity index (χ1) is 17.7. The van der Waals surface area contributed by atoms with Crippen LogP contribution in [0.1, 0.15) is 53.4 Å². The van der Waals surface area contributed by atoms with Crippen LogP contribution in [0.25, 0.3) is 0 Å². The molecule has 0 aromatic heterocycles. The standard InChI is InChI=1S/C30H45NO6/c1-6-9-31-15-20(5)37-25(16-31)36-17-28-14-22-19(4)7-8-23(22)29(27-34-10-11-35-27)13-21(28)12-24(18(2)3)30(28,29)26(32)33/h6,12,18-23,25,27H,1,7-11,13-17H2,2-5H3,(H,32,33)/t19-,20-,21+,22-,23-,25-,28+,29-,30-/m1/s1. The Balaban J connectivity index is 1.44. The van der Waals surface area contributed by atoms with Gasteiger partial charge in [-0.1, -0.05) is 44.9 Å². The summed E-state index contributed by atoms with van der Waals surface area (Å²) in [7, 11) is 0. The monoisotopic (exact) mass is 515 g/mol. The van der Waals surface area contributed by atoms with Crippen LogP contribution in [0.3, 0.4) is 0 Å². The number of aliphatic carboxylic acids is 1. The zero-order chi connectivity index (χ0) is 26.2. The second-order valence-corrected chi connectivity index (χ2v) is 13.1. The van der Waals surface area contributed by atoms with Crippen LogP contribution in [-0.2, 0) is 23.7 Å². The van der Waals surface area contributed by atoms with Crippen molar-refractivity contribution >= 4 is 5.97 Å². The molecule has 2 aliphatic heterocycles. The van der Waals surface area contributed by atoms with Gasteiger partial charge in [0.1, 0.15) is 5.41 Å². The van der Waals surface area contributed by atoms with Gasteiger partial charge in [0.25, 0.3) is 0 Å². The van der Waals surface area contributed by atoms with E-state index in [2.05, 4.69) is 45.2 Å². The summed E-state index contributed by atoms with van der Waals surface area (Å²) >= 11 is 0. The Morgan fingerprint density at radius 3 is 2.68 bits per heavy atom. The van der Waals surface area contributed by atoms with E-state index in [0.717, 1.165) is 44.3 Å². The molecule has 7 nitrogen and oxygen atoms in total. The lowest BCUT2D eigenvalue weighted by atomic mass is 9.42. The van der Waals surface area contributed by atoms with Crippen molar-refractivity contribution < 1.29 is 28.8 Å². The molecule has 9 atom stereocenters. The minimum absolute atomic E-state index is 0.0549. The van der Waals surface area contributed by atoms with Crippen molar-refractivity contribution in [3.8, 4) is 0 Å². The molecule has 4 aliphatic carbocycles. The van der Waals surface area contributed by atoms with Gasteiger partial charge in [-0.05, 0) is 55.8 Å².